The Bertz CT molecular complexity index is 892. The first-order valence-electron chi connectivity index (χ1n) is 10.4. The molecule has 0 saturated carbocycles. The van der Waals surface area contributed by atoms with Crippen molar-refractivity contribution < 1.29 is 26.9 Å². The van der Waals surface area contributed by atoms with Gasteiger partial charge in [0.15, 0.2) is 8.32 Å². The molecule has 1 aliphatic heterocycles. The van der Waals surface area contributed by atoms with Crippen LogP contribution in [0.2, 0.25) is 19.6 Å². The van der Waals surface area contributed by atoms with Crippen molar-refractivity contribution in [1.82, 2.24) is 0 Å². The van der Waals surface area contributed by atoms with Gasteiger partial charge in [0.2, 0.25) is 5.60 Å². The van der Waals surface area contributed by atoms with E-state index in [1.165, 1.54) is 24.3 Å². The van der Waals surface area contributed by atoms with E-state index in [1.807, 2.05) is 27.7 Å². The normalized spacial score (nSPS) is 20.5. The molecule has 1 atom stereocenters. The van der Waals surface area contributed by atoms with Crippen LogP contribution in [0.4, 0.5) is 13.2 Å². The molecule has 0 bridgehead atoms. The molecule has 1 fully saturated rings. The summed E-state index contributed by atoms with van der Waals surface area (Å²) in [6.45, 7) is 13.0. The summed E-state index contributed by atoms with van der Waals surface area (Å²) in [4.78, 5) is 0. The molecule has 0 N–H and O–H groups in total. The number of hydrogen-bond acceptors (Lipinski definition) is 3. The van der Waals surface area contributed by atoms with Crippen molar-refractivity contribution >= 4 is 20.9 Å². The second kappa shape index (κ2) is 7.76. The Balaban J connectivity index is 2.09. The minimum Gasteiger partial charge on any atom is -0.399 e. The SMILES string of the molecule is CC1(C)OB(c2ccc(C(O[Si](C)(C)C)(c3ccccc3)C(F)(F)F)cc2)OC1(C)C. The average molecular weight is 450 g/mol. The summed E-state index contributed by atoms with van der Waals surface area (Å²) in [5.41, 5.74) is -2.84. The Morgan fingerprint density at radius 2 is 1.23 bits per heavy atom. The molecule has 0 radical (unpaired) electrons. The number of hydrogen-bond donors (Lipinski definition) is 0. The van der Waals surface area contributed by atoms with Gasteiger partial charge in [0.05, 0.1) is 11.2 Å². The fourth-order valence-electron chi connectivity index (χ4n) is 3.66. The van der Waals surface area contributed by atoms with Gasteiger partial charge < -0.3 is 13.7 Å². The Kier molecular flexibility index (Phi) is 6.02. The molecule has 3 rings (SSSR count). The van der Waals surface area contributed by atoms with Crippen LogP contribution in [0.5, 0.6) is 0 Å². The van der Waals surface area contributed by atoms with Gasteiger partial charge in [-0.2, -0.15) is 13.2 Å². The van der Waals surface area contributed by atoms with E-state index in [0.29, 0.717) is 5.46 Å². The van der Waals surface area contributed by atoms with Gasteiger partial charge in [0, 0.05) is 0 Å². The predicted molar refractivity (Wildman–Crippen MR) is 120 cm³/mol. The lowest BCUT2D eigenvalue weighted by Gasteiger charge is -2.41. The van der Waals surface area contributed by atoms with Crippen LogP contribution in [0, 0.1) is 0 Å². The van der Waals surface area contributed by atoms with Crippen molar-refractivity contribution in [3.63, 3.8) is 0 Å². The monoisotopic (exact) mass is 450 g/mol. The van der Waals surface area contributed by atoms with Crippen LogP contribution in [0.1, 0.15) is 38.8 Å². The predicted octanol–water partition coefficient (Wildman–Crippen LogP) is 5.64. The minimum atomic E-state index is -4.65. The zero-order chi connectivity index (χ0) is 23.3. The molecule has 0 aliphatic carbocycles. The molecule has 1 heterocycles. The molecule has 1 unspecified atom stereocenters. The van der Waals surface area contributed by atoms with Crippen molar-refractivity contribution in [3.8, 4) is 0 Å². The zero-order valence-corrected chi connectivity index (χ0v) is 20.1. The highest BCUT2D eigenvalue weighted by Gasteiger charge is 2.60. The quantitative estimate of drug-likeness (QED) is 0.552. The molecule has 168 valence electrons. The molecule has 1 saturated heterocycles. The highest BCUT2D eigenvalue weighted by molar-refractivity contribution is 6.69. The van der Waals surface area contributed by atoms with E-state index in [-0.39, 0.29) is 11.1 Å². The maximum atomic E-state index is 14.7. The van der Waals surface area contributed by atoms with Crippen molar-refractivity contribution in [3.05, 3.63) is 65.7 Å². The summed E-state index contributed by atoms with van der Waals surface area (Å²) < 4.78 is 62.2. The highest BCUT2D eigenvalue weighted by atomic mass is 28.4. The molecule has 8 heteroatoms. The van der Waals surface area contributed by atoms with Gasteiger partial charge in [-0.1, -0.05) is 54.6 Å². The van der Waals surface area contributed by atoms with E-state index >= 15 is 0 Å². The molecule has 0 amide bonds. The van der Waals surface area contributed by atoms with Crippen LogP contribution >= 0.6 is 0 Å². The smallest absolute Gasteiger partial charge is 0.399 e. The lowest BCUT2D eigenvalue weighted by molar-refractivity contribution is -0.240. The van der Waals surface area contributed by atoms with Gasteiger partial charge in [-0.05, 0) is 63.9 Å². The molecular formula is C23H30BF3O3Si. The second-order valence-corrected chi connectivity index (χ2v) is 14.4. The highest BCUT2D eigenvalue weighted by Crippen LogP contribution is 2.49. The first-order valence-corrected chi connectivity index (χ1v) is 13.8. The van der Waals surface area contributed by atoms with Gasteiger partial charge in [0.1, 0.15) is 0 Å². The first-order chi connectivity index (χ1) is 14.1. The Labute approximate surface area is 184 Å². The van der Waals surface area contributed by atoms with Gasteiger partial charge in [-0.25, -0.2) is 0 Å². The van der Waals surface area contributed by atoms with Crippen molar-refractivity contribution in [2.24, 2.45) is 0 Å². The second-order valence-electron chi connectivity index (χ2n) is 9.97. The van der Waals surface area contributed by atoms with Crippen molar-refractivity contribution in [2.45, 2.75) is 70.3 Å². The van der Waals surface area contributed by atoms with Crippen LogP contribution in [-0.4, -0.2) is 32.8 Å². The van der Waals surface area contributed by atoms with E-state index in [2.05, 4.69) is 0 Å². The van der Waals surface area contributed by atoms with Crippen LogP contribution in [0.25, 0.3) is 0 Å². The molecule has 0 aromatic heterocycles. The van der Waals surface area contributed by atoms with Gasteiger partial charge in [-0.15, -0.1) is 0 Å². The largest absolute Gasteiger partial charge is 0.494 e. The lowest BCUT2D eigenvalue weighted by atomic mass is 9.77. The summed E-state index contributed by atoms with van der Waals surface area (Å²) in [6, 6.07) is 14.0. The first kappa shape index (κ1) is 24.0. The van der Waals surface area contributed by atoms with Crippen molar-refractivity contribution in [1.29, 1.82) is 0 Å². The summed E-state index contributed by atoms with van der Waals surface area (Å²) >= 11 is 0. The molecular weight excluding hydrogens is 420 g/mol. The Hall–Kier alpha value is -1.61. The summed E-state index contributed by atoms with van der Waals surface area (Å²) in [7, 11) is -3.26. The van der Waals surface area contributed by atoms with Gasteiger partial charge in [-0.3, -0.25) is 0 Å². The van der Waals surface area contributed by atoms with Crippen molar-refractivity contribution in [2.75, 3.05) is 0 Å². The summed E-state index contributed by atoms with van der Waals surface area (Å²) in [6.07, 6.45) is -4.65. The van der Waals surface area contributed by atoms with Crippen LogP contribution in [0.3, 0.4) is 0 Å². The summed E-state index contributed by atoms with van der Waals surface area (Å²) in [5, 5.41) is 0. The van der Waals surface area contributed by atoms with Gasteiger partial charge >= 0.3 is 13.3 Å². The lowest BCUT2D eigenvalue weighted by Crippen LogP contribution is -2.51. The van der Waals surface area contributed by atoms with E-state index < -0.39 is 38.4 Å². The number of benzene rings is 2. The third kappa shape index (κ3) is 4.49. The van der Waals surface area contributed by atoms with Crippen LogP contribution < -0.4 is 5.46 Å². The van der Waals surface area contributed by atoms with E-state index in [4.69, 9.17) is 13.7 Å². The standard InChI is InChI=1S/C23H30BF3O3Si/c1-20(2)21(3,4)29-24(28-20)19-15-13-18(14-16-19)22(23(25,26)27,30-31(5,6)7)17-11-9-8-10-12-17/h8-16H,1-7H3. The maximum absolute atomic E-state index is 14.7. The topological polar surface area (TPSA) is 27.7 Å². The Morgan fingerprint density at radius 1 is 0.774 bits per heavy atom. The number of alkyl halides is 3. The molecule has 0 spiro atoms. The molecule has 31 heavy (non-hydrogen) atoms. The third-order valence-electron chi connectivity index (χ3n) is 5.88. The molecule has 3 nitrogen and oxygen atoms in total. The minimum absolute atomic E-state index is 0.0360. The fourth-order valence-corrected chi connectivity index (χ4v) is 4.93. The fraction of sp³-hybridized carbons (Fsp3) is 0.478. The van der Waals surface area contributed by atoms with E-state index in [9.17, 15) is 13.2 Å². The Morgan fingerprint density at radius 3 is 1.65 bits per heavy atom. The maximum Gasteiger partial charge on any atom is 0.494 e. The van der Waals surface area contributed by atoms with E-state index in [1.54, 1.807) is 50.0 Å². The molecule has 2 aromatic carbocycles. The van der Waals surface area contributed by atoms with Gasteiger partial charge in [0.25, 0.3) is 0 Å². The number of rotatable bonds is 5. The number of halogens is 3. The molecule has 1 aliphatic rings. The third-order valence-corrected chi connectivity index (χ3v) is 6.80. The average Bonchev–Trinajstić information content (AvgIpc) is 2.86. The van der Waals surface area contributed by atoms with E-state index in [0.717, 1.165) is 0 Å². The zero-order valence-electron chi connectivity index (χ0n) is 19.1. The molecule has 2 aromatic rings. The summed E-state index contributed by atoms with van der Waals surface area (Å²) in [5.74, 6) is 0. The van der Waals surface area contributed by atoms with Crippen LogP contribution in [0.15, 0.2) is 54.6 Å². The van der Waals surface area contributed by atoms with Crippen LogP contribution in [-0.2, 0) is 19.3 Å².